The molecule has 2 heterocycles. The van der Waals surface area contributed by atoms with Crippen LogP contribution in [0.5, 0.6) is 0 Å². The highest BCUT2D eigenvalue weighted by atomic mass is 32.2. The van der Waals surface area contributed by atoms with Crippen LogP contribution in [-0.4, -0.2) is 48.7 Å². The molecule has 0 radical (unpaired) electrons. The van der Waals surface area contributed by atoms with Crippen LogP contribution in [0.15, 0.2) is 35.2 Å². The molecule has 6 heteroatoms. The molecule has 4 rings (SSSR count). The van der Waals surface area contributed by atoms with Gasteiger partial charge in [0.25, 0.3) is 0 Å². The predicted octanol–water partition coefficient (Wildman–Crippen LogP) is 3.66. The van der Waals surface area contributed by atoms with Crippen LogP contribution in [0.2, 0.25) is 0 Å². The number of hydrogen-bond acceptors (Lipinski definition) is 3. The third-order valence-electron chi connectivity index (χ3n) is 7.09. The molecule has 0 unspecified atom stereocenters. The summed E-state index contributed by atoms with van der Waals surface area (Å²) < 4.78 is 27.2. The third-order valence-corrected chi connectivity index (χ3v) is 9.01. The fourth-order valence-corrected chi connectivity index (χ4v) is 6.98. The molecule has 3 atom stereocenters. The van der Waals surface area contributed by atoms with Crippen molar-refractivity contribution in [3.05, 3.63) is 30.3 Å². The van der Waals surface area contributed by atoms with Gasteiger partial charge >= 0.3 is 0 Å². The lowest BCUT2D eigenvalue weighted by atomic mass is 9.76. The first-order chi connectivity index (χ1) is 13.5. The molecular formula is C22H32N2O3S. The monoisotopic (exact) mass is 404 g/mol. The largest absolute Gasteiger partial charge is 0.336 e. The van der Waals surface area contributed by atoms with Gasteiger partial charge in [0.2, 0.25) is 15.9 Å². The minimum absolute atomic E-state index is 0.0367. The molecule has 1 amide bonds. The molecule has 0 spiro atoms. The van der Waals surface area contributed by atoms with Crippen LogP contribution in [0.4, 0.5) is 0 Å². The van der Waals surface area contributed by atoms with E-state index in [-0.39, 0.29) is 11.8 Å². The van der Waals surface area contributed by atoms with Crippen molar-refractivity contribution < 1.29 is 13.2 Å². The van der Waals surface area contributed by atoms with Crippen molar-refractivity contribution in [2.45, 2.75) is 75.3 Å². The van der Waals surface area contributed by atoms with Crippen LogP contribution in [-0.2, 0) is 14.8 Å². The van der Waals surface area contributed by atoms with Crippen molar-refractivity contribution in [2.75, 3.05) is 13.1 Å². The summed E-state index contributed by atoms with van der Waals surface area (Å²) in [6, 6.07) is 9.34. The van der Waals surface area contributed by atoms with E-state index in [1.807, 2.05) is 6.07 Å². The van der Waals surface area contributed by atoms with Crippen LogP contribution in [0.25, 0.3) is 0 Å². The summed E-state index contributed by atoms with van der Waals surface area (Å²) in [4.78, 5) is 16.0. The molecule has 1 saturated carbocycles. The Morgan fingerprint density at radius 2 is 1.61 bits per heavy atom. The Bertz CT molecular complexity index is 787. The fraction of sp³-hybridized carbons (Fsp3) is 0.682. The third kappa shape index (κ3) is 3.73. The zero-order chi connectivity index (χ0) is 19.7. The van der Waals surface area contributed by atoms with Gasteiger partial charge in [-0.2, -0.15) is 4.31 Å². The lowest BCUT2D eigenvalue weighted by Crippen LogP contribution is -2.56. The Labute approximate surface area is 169 Å². The maximum Gasteiger partial charge on any atom is 0.243 e. The number of fused-ring (bicyclic) bond motifs is 1. The second kappa shape index (κ2) is 8.15. The number of sulfonamides is 1. The second-order valence-electron chi connectivity index (χ2n) is 8.78. The molecule has 0 N–H and O–H groups in total. The number of benzene rings is 1. The molecule has 5 nitrogen and oxygen atoms in total. The second-order valence-corrected chi connectivity index (χ2v) is 10.7. The van der Waals surface area contributed by atoms with Gasteiger partial charge in [-0.25, -0.2) is 8.42 Å². The first-order valence-corrected chi connectivity index (χ1v) is 12.3. The normalized spacial score (nSPS) is 30.0. The number of carbonyl (C=O) groups is 1. The molecule has 28 heavy (non-hydrogen) atoms. The Balaban J connectivity index is 1.42. The minimum Gasteiger partial charge on any atom is -0.336 e. The summed E-state index contributed by atoms with van der Waals surface area (Å²) in [6.45, 7) is 3.06. The van der Waals surface area contributed by atoms with Gasteiger partial charge in [0.05, 0.1) is 4.90 Å². The van der Waals surface area contributed by atoms with Gasteiger partial charge in [0.15, 0.2) is 0 Å². The smallest absolute Gasteiger partial charge is 0.243 e. The first-order valence-electron chi connectivity index (χ1n) is 10.9. The van der Waals surface area contributed by atoms with Gasteiger partial charge in [-0.05, 0) is 63.5 Å². The fourth-order valence-electron chi connectivity index (χ4n) is 5.49. The molecule has 154 valence electrons. The Kier molecular flexibility index (Phi) is 5.79. The Morgan fingerprint density at radius 3 is 2.32 bits per heavy atom. The van der Waals surface area contributed by atoms with E-state index in [4.69, 9.17) is 0 Å². The molecule has 2 saturated heterocycles. The summed E-state index contributed by atoms with van der Waals surface area (Å²) in [7, 11) is -3.46. The Hall–Kier alpha value is -1.40. The van der Waals surface area contributed by atoms with E-state index >= 15 is 0 Å². The van der Waals surface area contributed by atoms with Gasteiger partial charge < -0.3 is 4.90 Å². The lowest BCUT2D eigenvalue weighted by molar-refractivity contribution is -0.147. The van der Waals surface area contributed by atoms with Crippen LogP contribution in [0, 0.1) is 11.8 Å². The highest BCUT2D eigenvalue weighted by Crippen LogP contribution is 2.39. The SMILES string of the molecule is C[C@@H]1CC[C@H]2CCCC[C@@H]2N1C(=O)C1CCN(S(=O)(=O)c2ccccc2)CC1. The molecule has 3 aliphatic rings. The predicted molar refractivity (Wildman–Crippen MR) is 109 cm³/mol. The van der Waals surface area contributed by atoms with E-state index in [2.05, 4.69) is 11.8 Å². The molecule has 1 aromatic rings. The van der Waals surface area contributed by atoms with Crippen LogP contribution >= 0.6 is 0 Å². The van der Waals surface area contributed by atoms with Crippen molar-refractivity contribution in [2.24, 2.45) is 11.8 Å². The number of piperidine rings is 2. The van der Waals surface area contributed by atoms with Gasteiger partial charge in [0, 0.05) is 31.1 Å². The number of hydrogen-bond donors (Lipinski definition) is 0. The van der Waals surface area contributed by atoms with Crippen molar-refractivity contribution in [1.82, 2.24) is 9.21 Å². The van der Waals surface area contributed by atoms with Crippen molar-refractivity contribution in [1.29, 1.82) is 0 Å². The number of carbonyl (C=O) groups excluding carboxylic acids is 1. The molecule has 1 aliphatic carbocycles. The van der Waals surface area contributed by atoms with Crippen molar-refractivity contribution >= 4 is 15.9 Å². The van der Waals surface area contributed by atoms with E-state index in [1.54, 1.807) is 28.6 Å². The van der Waals surface area contributed by atoms with E-state index in [1.165, 1.54) is 25.7 Å². The molecule has 0 bridgehead atoms. The van der Waals surface area contributed by atoms with E-state index < -0.39 is 10.0 Å². The summed E-state index contributed by atoms with van der Waals surface area (Å²) >= 11 is 0. The highest BCUT2D eigenvalue weighted by molar-refractivity contribution is 7.89. The molecule has 0 aromatic heterocycles. The average molecular weight is 405 g/mol. The van der Waals surface area contributed by atoms with Gasteiger partial charge in [-0.3, -0.25) is 4.79 Å². The zero-order valence-electron chi connectivity index (χ0n) is 16.8. The van der Waals surface area contributed by atoms with Crippen molar-refractivity contribution in [3.63, 3.8) is 0 Å². The Morgan fingerprint density at radius 1 is 0.929 bits per heavy atom. The van der Waals surface area contributed by atoms with E-state index in [9.17, 15) is 13.2 Å². The topological polar surface area (TPSA) is 57.7 Å². The number of amides is 1. The highest BCUT2D eigenvalue weighted by Gasteiger charge is 2.42. The number of nitrogens with zero attached hydrogens (tertiary/aromatic N) is 2. The van der Waals surface area contributed by atoms with Gasteiger partial charge in [-0.15, -0.1) is 0 Å². The molecule has 3 fully saturated rings. The average Bonchev–Trinajstić information content (AvgIpc) is 2.74. The maximum absolute atomic E-state index is 13.4. The van der Waals surface area contributed by atoms with Crippen LogP contribution < -0.4 is 0 Å². The summed E-state index contributed by atoms with van der Waals surface area (Å²) in [5, 5.41) is 0. The lowest BCUT2D eigenvalue weighted by Gasteiger charge is -2.49. The summed E-state index contributed by atoms with van der Waals surface area (Å²) in [6.07, 6.45) is 8.55. The maximum atomic E-state index is 13.4. The van der Waals surface area contributed by atoms with E-state index in [0.29, 0.717) is 48.8 Å². The summed E-state index contributed by atoms with van der Waals surface area (Å²) in [5.74, 6) is 0.915. The molecule has 2 aliphatic heterocycles. The minimum atomic E-state index is -3.46. The van der Waals surface area contributed by atoms with Crippen LogP contribution in [0.1, 0.15) is 58.3 Å². The first kappa shape index (κ1) is 19.9. The number of likely N-dealkylation sites (tertiary alicyclic amines) is 1. The summed E-state index contributed by atoms with van der Waals surface area (Å²) in [5.41, 5.74) is 0. The van der Waals surface area contributed by atoms with Crippen molar-refractivity contribution in [3.8, 4) is 0 Å². The van der Waals surface area contributed by atoms with E-state index in [0.717, 1.165) is 12.8 Å². The zero-order valence-corrected chi connectivity index (χ0v) is 17.6. The van der Waals surface area contributed by atoms with Gasteiger partial charge in [0.1, 0.15) is 0 Å². The number of rotatable bonds is 3. The standard InChI is InChI=1S/C22H32N2O3S/c1-17-11-12-18-7-5-6-10-21(18)24(17)22(25)19-13-15-23(16-14-19)28(26,27)20-8-3-2-4-9-20/h2-4,8-9,17-19,21H,5-7,10-16H2,1H3/t17-,18-,21+/m1/s1. The molecular weight excluding hydrogens is 372 g/mol. The quantitative estimate of drug-likeness (QED) is 0.773. The van der Waals surface area contributed by atoms with Gasteiger partial charge in [-0.1, -0.05) is 31.0 Å². The van der Waals surface area contributed by atoms with Crippen LogP contribution in [0.3, 0.4) is 0 Å². The molecule has 1 aromatic carbocycles.